The zero-order chi connectivity index (χ0) is 10.8. The van der Waals surface area contributed by atoms with Crippen LogP contribution in [0.2, 0.25) is 0 Å². The molecule has 7 heteroatoms. The van der Waals surface area contributed by atoms with Crippen molar-refractivity contribution in [3.8, 4) is 5.88 Å². The largest absolute Gasteiger partial charge is 0.475 e. The lowest BCUT2D eigenvalue weighted by atomic mass is 10.2. The fourth-order valence-corrected chi connectivity index (χ4v) is 1.80. The van der Waals surface area contributed by atoms with Gasteiger partial charge in [0.1, 0.15) is 6.61 Å². The molecule has 1 saturated heterocycles. The van der Waals surface area contributed by atoms with E-state index in [1.165, 1.54) is 11.1 Å². The van der Waals surface area contributed by atoms with E-state index in [0.29, 0.717) is 24.2 Å². The fourth-order valence-electron chi connectivity index (χ4n) is 1.80. The van der Waals surface area contributed by atoms with E-state index in [4.69, 9.17) is 4.74 Å². The van der Waals surface area contributed by atoms with Gasteiger partial charge in [0.05, 0.1) is 0 Å². The number of tetrazole rings is 1. The van der Waals surface area contributed by atoms with Gasteiger partial charge in [0.15, 0.2) is 5.65 Å². The molecule has 0 radical (unpaired) electrons. The number of aromatic nitrogens is 5. The quantitative estimate of drug-likeness (QED) is 0.761. The lowest BCUT2D eigenvalue weighted by Gasteiger charge is -2.10. The van der Waals surface area contributed by atoms with E-state index < -0.39 is 0 Å². The average Bonchev–Trinajstić information content (AvgIpc) is 2.97. The van der Waals surface area contributed by atoms with Crippen LogP contribution in [-0.2, 0) is 0 Å². The second kappa shape index (κ2) is 4.01. The van der Waals surface area contributed by atoms with Gasteiger partial charge < -0.3 is 10.1 Å². The molecule has 2 aromatic rings. The van der Waals surface area contributed by atoms with Crippen LogP contribution in [0.4, 0.5) is 0 Å². The van der Waals surface area contributed by atoms with E-state index in [9.17, 15) is 0 Å². The van der Waals surface area contributed by atoms with Crippen LogP contribution in [0.5, 0.6) is 5.88 Å². The van der Waals surface area contributed by atoms with Gasteiger partial charge in [-0.2, -0.15) is 0 Å². The van der Waals surface area contributed by atoms with E-state index in [1.807, 2.05) is 0 Å². The number of nitrogens with zero attached hydrogens (tertiary/aromatic N) is 5. The highest BCUT2D eigenvalue weighted by molar-refractivity contribution is 5.34. The average molecular weight is 220 g/mol. The Morgan fingerprint density at radius 1 is 1.50 bits per heavy atom. The summed E-state index contributed by atoms with van der Waals surface area (Å²) >= 11 is 0. The smallest absolute Gasteiger partial charge is 0.233 e. The third kappa shape index (κ3) is 1.81. The minimum absolute atomic E-state index is 0.436. The predicted octanol–water partition coefficient (Wildman–Crippen LogP) is -0.350. The van der Waals surface area contributed by atoms with Gasteiger partial charge in [-0.15, -0.1) is 14.8 Å². The minimum atomic E-state index is 0.436. The molecule has 16 heavy (non-hydrogen) atoms. The topological polar surface area (TPSA) is 77.2 Å². The van der Waals surface area contributed by atoms with Crippen molar-refractivity contribution in [2.45, 2.75) is 18.9 Å². The molecular weight excluding hydrogens is 208 g/mol. The van der Waals surface area contributed by atoms with Gasteiger partial charge in [0.2, 0.25) is 5.88 Å². The van der Waals surface area contributed by atoms with E-state index in [1.54, 1.807) is 12.1 Å². The summed E-state index contributed by atoms with van der Waals surface area (Å²) in [4.78, 5) is 0. The van der Waals surface area contributed by atoms with Gasteiger partial charge in [0.25, 0.3) is 0 Å². The van der Waals surface area contributed by atoms with Crippen LogP contribution in [0.3, 0.4) is 0 Å². The molecule has 0 aliphatic carbocycles. The van der Waals surface area contributed by atoms with Crippen LogP contribution in [0.25, 0.3) is 5.65 Å². The Kier molecular flexibility index (Phi) is 2.37. The first-order valence-electron chi connectivity index (χ1n) is 5.33. The van der Waals surface area contributed by atoms with Crippen molar-refractivity contribution in [3.63, 3.8) is 0 Å². The SMILES string of the molecule is c1cc2nnnn2nc1OCC1CCCN1. The van der Waals surface area contributed by atoms with Gasteiger partial charge in [-0.1, -0.05) is 0 Å². The highest BCUT2D eigenvalue weighted by Gasteiger charge is 2.14. The number of ether oxygens (including phenoxy) is 1. The van der Waals surface area contributed by atoms with Crippen LogP contribution < -0.4 is 10.1 Å². The monoisotopic (exact) mass is 220 g/mol. The highest BCUT2D eigenvalue weighted by atomic mass is 16.5. The van der Waals surface area contributed by atoms with Crippen molar-refractivity contribution in [1.82, 2.24) is 30.6 Å². The van der Waals surface area contributed by atoms with Gasteiger partial charge >= 0.3 is 0 Å². The third-order valence-electron chi connectivity index (χ3n) is 2.64. The minimum Gasteiger partial charge on any atom is -0.475 e. The maximum atomic E-state index is 5.58. The molecule has 7 nitrogen and oxygen atoms in total. The molecule has 3 rings (SSSR count). The predicted molar refractivity (Wildman–Crippen MR) is 55.1 cm³/mol. The van der Waals surface area contributed by atoms with Gasteiger partial charge in [-0.05, 0) is 35.9 Å². The van der Waals surface area contributed by atoms with E-state index >= 15 is 0 Å². The molecule has 1 atom stereocenters. The molecule has 0 bridgehead atoms. The molecule has 0 aromatic carbocycles. The summed E-state index contributed by atoms with van der Waals surface area (Å²) in [6.07, 6.45) is 2.38. The standard InChI is InChI=1S/C9H12N6O/c1-2-7(10-5-1)6-16-9-4-3-8-11-13-14-15(8)12-9/h3-4,7,10H,1-2,5-6H2. The first kappa shape index (κ1) is 9.46. The lowest BCUT2D eigenvalue weighted by Crippen LogP contribution is -2.28. The third-order valence-corrected chi connectivity index (χ3v) is 2.64. The van der Waals surface area contributed by atoms with Crippen molar-refractivity contribution in [3.05, 3.63) is 12.1 Å². The lowest BCUT2D eigenvalue weighted by molar-refractivity contribution is 0.263. The molecular formula is C9H12N6O. The van der Waals surface area contributed by atoms with Gasteiger partial charge in [-0.3, -0.25) is 0 Å². The zero-order valence-corrected chi connectivity index (χ0v) is 8.70. The Morgan fingerprint density at radius 2 is 2.50 bits per heavy atom. The highest BCUT2D eigenvalue weighted by Crippen LogP contribution is 2.09. The first-order chi connectivity index (χ1) is 7.92. The molecule has 84 valence electrons. The Bertz CT molecular complexity index is 478. The van der Waals surface area contributed by atoms with E-state index in [0.717, 1.165) is 13.0 Å². The Morgan fingerprint density at radius 3 is 3.38 bits per heavy atom. The number of nitrogens with one attached hydrogen (secondary N) is 1. The second-order valence-electron chi connectivity index (χ2n) is 3.80. The summed E-state index contributed by atoms with van der Waals surface area (Å²) < 4.78 is 6.94. The number of fused-ring (bicyclic) bond motifs is 1. The second-order valence-corrected chi connectivity index (χ2v) is 3.80. The molecule has 1 N–H and O–H groups in total. The first-order valence-corrected chi connectivity index (χ1v) is 5.33. The Labute approximate surface area is 91.8 Å². The molecule has 3 heterocycles. The number of hydrogen-bond donors (Lipinski definition) is 1. The maximum Gasteiger partial charge on any atom is 0.233 e. The van der Waals surface area contributed by atoms with Crippen LogP contribution in [0.15, 0.2) is 12.1 Å². The summed E-state index contributed by atoms with van der Waals surface area (Å²) in [5.41, 5.74) is 0.617. The normalized spacial score (nSPS) is 20.4. The van der Waals surface area contributed by atoms with E-state index in [-0.39, 0.29) is 0 Å². The van der Waals surface area contributed by atoms with Gasteiger partial charge in [0, 0.05) is 12.1 Å². The summed E-state index contributed by atoms with van der Waals surface area (Å²) in [5, 5.41) is 18.5. The summed E-state index contributed by atoms with van der Waals surface area (Å²) in [6, 6.07) is 4.00. The molecule has 2 aromatic heterocycles. The van der Waals surface area contributed by atoms with Crippen molar-refractivity contribution in [2.24, 2.45) is 0 Å². The van der Waals surface area contributed by atoms with Crippen molar-refractivity contribution in [2.75, 3.05) is 13.2 Å². The molecule has 0 amide bonds. The summed E-state index contributed by atoms with van der Waals surface area (Å²) in [7, 11) is 0. The Hall–Kier alpha value is -1.76. The van der Waals surface area contributed by atoms with Crippen molar-refractivity contribution in [1.29, 1.82) is 0 Å². The van der Waals surface area contributed by atoms with Crippen LogP contribution in [-0.4, -0.2) is 44.4 Å². The number of hydrogen-bond acceptors (Lipinski definition) is 6. The molecule has 1 fully saturated rings. The molecule has 1 unspecified atom stereocenters. The van der Waals surface area contributed by atoms with Crippen LogP contribution in [0.1, 0.15) is 12.8 Å². The number of rotatable bonds is 3. The fraction of sp³-hybridized carbons (Fsp3) is 0.556. The summed E-state index contributed by atoms with van der Waals surface area (Å²) in [6.45, 7) is 1.72. The van der Waals surface area contributed by atoms with E-state index in [2.05, 4.69) is 25.9 Å². The van der Waals surface area contributed by atoms with Crippen molar-refractivity contribution >= 4 is 5.65 Å². The molecule has 0 saturated carbocycles. The van der Waals surface area contributed by atoms with Crippen molar-refractivity contribution < 1.29 is 4.74 Å². The molecule has 1 aliphatic heterocycles. The van der Waals surface area contributed by atoms with Gasteiger partial charge in [-0.25, -0.2) is 0 Å². The van der Waals surface area contributed by atoms with Crippen LogP contribution in [0, 0.1) is 0 Å². The van der Waals surface area contributed by atoms with Crippen LogP contribution >= 0.6 is 0 Å². The summed E-state index contributed by atoms with van der Waals surface area (Å²) in [5.74, 6) is 0.550. The molecule has 0 spiro atoms. The zero-order valence-electron chi connectivity index (χ0n) is 8.70. The molecule has 1 aliphatic rings. The Balaban J connectivity index is 1.68. The maximum absolute atomic E-state index is 5.58.